The molecule has 0 aliphatic rings. The molecule has 0 aliphatic carbocycles. The van der Waals surface area contributed by atoms with Crippen molar-refractivity contribution in [2.45, 2.75) is 13.5 Å². The molecule has 0 bridgehead atoms. The Morgan fingerprint density at radius 1 is 1.39 bits per heavy atom. The summed E-state index contributed by atoms with van der Waals surface area (Å²) in [6, 6.07) is 7.31. The van der Waals surface area contributed by atoms with Crippen molar-refractivity contribution in [3.63, 3.8) is 0 Å². The SMILES string of the molecule is Cc1cnccc1CNc1ccc(Cl)c(C#N)n1. The summed E-state index contributed by atoms with van der Waals surface area (Å²) in [5, 5.41) is 12.4. The van der Waals surface area contributed by atoms with Crippen LogP contribution in [-0.4, -0.2) is 9.97 Å². The fourth-order valence-corrected chi connectivity index (χ4v) is 1.65. The van der Waals surface area contributed by atoms with Crippen molar-refractivity contribution in [1.82, 2.24) is 9.97 Å². The lowest BCUT2D eigenvalue weighted by Gasteiger charge is -2.08. The molecule has 0 aliphatic heterocycles. The Hall–Kier alpha value is -2.12. The number of nitriles is 1. The third-order valence-corrected chi connectivity index (χ3v) is 2.85. The monoisotopic (exact) mass is 258 g/mol. The molecule has 90 valence electrons. The Morgan fingerprint density at radius 2 is 2.22 bits per heavy atom. The molecule has 0 fully saturated rings. The van der Waals surface area contributed by atoms with Gasteiger partial charge in [-0.3, -0.25) is 4.98 Å². The number of hydrogen-bond acceptors (Lipinski definition) is 4. The van der Waals surface area contributed by atoms with Gasteiger partial charge in [0, 0.05) is 18.9 Å². The number of nitrogens with one attached hydrogen (secondary N) is 1. The second-order valence-corrected chi connectivity index (χ2v) is 4.20. The van der Waals surface area contributed by atoms with E-state index in [0.717, 1.165) is 11.1 Å². The maximum Gasteiger partial charge on any atom is 0.161 e. The first-order chi connectivity index (χ1) is 8.70. The molecule has 2 aromatic heterocycles. The van der Waals surface area contributed by atoms with Gasteiger partial charge in [-0.15, -0.1) is 0 Å². The van der Waals surface area contributed by atoms with Crippen LogP contribution in [0.1, 0.15) is 16.8 Å². The molecule has 0 radical (unpaired) electrons. The van der Waals surface area contributed by atoms with Gasteiger partial charge >= 0.3 is 0 Å². The van der Waals surface area contributed by atoms with Crippen molar-refractivity contribution in [2.75, 3.05) is 5.32 Å². The van der Waals surface area contributed by atoms with Crippen LogP contribution in [0.25, 0.3) is 0 Å². The predicted molar refractivity (Wildman–Crippen MR) is 70.3 cm³/mol. The number of halogens is 1. The number of aryl methyl sites for hydroxylation is 1. The molecular weight excluding hydrogens is 248 g/mol. The Labute approximate surface area is 110 Å². The van der Waals surface area contributed by atoms with Gasteiger partial charge in [0.15, 0.2) is 5.69 Å². The molecule has 0 unspecified atom stereocenters. The average Bonchev–Trinajstić information content (AvgIpc) is 2.39. The predicted octanol–water partition coefficient (Wildman–Crippen LogP) is 2.92. The molecule has 18 heavy (non-hydrogen) atoms. The van der Waals surface area contributed by atoms with Crippen LogP contribution >= 0.6 is 11.6 Å². The van der Waals surface area contributed by atoms with E-state index in [2.05, 4.69) is 15.3 Å². The van der Waals surface area contributed by atoms with E-state index in [1.54, 1.807) is 18.3 Å². The average molecular weight is 259 g/mol. The van der Waals surface area contributed by atoms with E-state index in [1.807, 2.05) is 25.3 Å². The fraction of sp³-hybridized carbons (Fsp3) is 0.154. The molecule has 2 rings (SSSR count). The van der Waals surface area contributed by atoms with Gasteiger partial charge in [0.1, 0.15) is 11.9 Å². The van der Waals surface area contributed by atoms with Crippen LogP contribution in [0.4, 0.5) is 5.82 Å². The molecule has 0 spiro atoms. The smallest absolute Gasteiger partial charge is 0.161 e. The highest BCUT2D eigenvalue weighted by Gasteiger charge is 2.03. The molecule has 0 saturated carbocycles. The lowest BCUT2D eigenvalue weighted by atomic mass is 10.1. The molecule has 5 heteroatoms. The lowest BCUT2D eigenvalue weighted by molar-refractivity contribution is 1.07. The minimum absolute atomic E-state index is 0.230. The van der Waals surface area contributed by atoms with E-state index in [1.165, 1.54) is 0 Å². The maximum absolute atomic E-state index is 8.84. The number of anilines is 1. The number of rotatable bonds is 3. The van der Waals surface area contributed by atoms with Gasteiger partial charge in [0.25, 0.3) is 0 Å². The van der Waals surface area contributed by atoms with Crippen molar-refractivity contribution in [1.29, 1.82) is 5.26 Å². The van der Waals surface area contributed by atoms with Crippen LogP contribution in [0.15, 0.2) is 30.6 Å². The van der Waals surface area contributed by atoms with Crippen molar-refractivity contribution in [3.05, 3.63) is 52.4 Å². The first kappa shape index (κ1) is 12.3. The zero-order valence-electron chi connectivity index (χ0n) is 9.81. The zero-order valence-corrected chi connectivity index (χ0v) is 10.6. The summed E-state index contributed by atoms with van der Waals surface area (Å²) in [5.41, 5.74) is 2.48. The minimum Gasteiger partial charge on any atom is -0.366 e. The summed E-state index contributed by atoms with van der Waals surface area (Å²) >= 11 is 5.82. The van der Waals surface area contributed by atoms with Crippen LogP contribution in [0, 0.1) is 18.3 Å². The molecule has 0 saturated heterocycles. The quantitative estimate of drug-likeness (QED) is 0.920. The van der Waals surface area contributed by atoms with Gasteiger partial charge in [0.05, 0.1) is 5.02 Å². The molecule has 0 aromatic carbocycles. The highest BCUT2D eigenvalue weighted by Crippen LogP contribution is 2.16. The molecule has 2 aromatic rings. The van der Waals surface area contributed by atoms with E-state index in [-0.39, 0.29) is 5.69 Å². The summed E-state index contributed by atoms with van der Waals surface area (Å²) < 4.78 is 0. The van der Waals surface area contributed by atoms with Crippen molar-refractivity contribution < 1.29 is 0 Å². The summed E-state index contributed by atoms with van der Waals surface area (Å²) in [5.74, 6) is 0.632. The first-order valence-corrected chi connectivity index (χ1v) is 5.78. The Bertz CT molecular complexity index is 604. The van der Waals surface area contributed by atoms with Gasteiger partial charge in [-0.05, 0) is 36.2 Å². The third-order valence-electron chi connectivity index (χ3n) is 2.55. The van der Waals surface area contributed by atoms with E-state index < -0.39 is 0 Å². The topological polar surface area (TPSA) is 61.6 Å². The second-order valence-electron chi connectivity index (χ2n) is 3.79. The van der Waals surface area contributed by atoms with Crippen LogP contribution in [0.3, 0.4) is 0 Å². The highest BCUT2D eigenvalue weighted by atomic mass is 35.5. The van der Waals surface area contributed by atoms with E-state index in [9.17, 15) is 0 Å². The summed E-state index contributed by atoms with van der Waals surface area (Å²) in [7, 11) is 0. The zero-order chi connectivity index (χ0) is 13.0. The van der Waals surface area contributed by atoms with Gasteiger partial charge < -0.3 is 5.32 Å². The number of nitrogens with zero attached hydrogens (tertiary/aromatic N) is 3. The van der Waals surface area contributed by atoms with Crippen molar-refractivity contribution >= 4 is 17.4 Å². The standard InChI is InChI=1S/C13H11ClN4/c1-9-7-16-5-4-10(9)8-17-13-3-2-11(14)12(6-15)18-13/h2-5,7H,8H2,1H3,(H,17,18). The largest absolute Gasteiger partial charge is 0.366 e. The summed E-state index contributed by atoms with van der Waals surface area (Å²) in [4.78, 5) is 8.15. The fourth-order valence-electron chi connectivity index (χ4n) is 1.51. The minimum atomic E-state index is 0.230. The van der Waals surface area contributed by atoms with Gasteiger partial charge in [0.2, 0.25) is 0 Å². The molecular formula is C13H11ClN4. The molecule has 1 N–H and O–H groups in total. The molecule has 0 amide bonds. The van der Waals surface area contributed by atoms with Gasteiger partial charge in [-0.25, -0.2) is 4.98 Å². The van der Waals surface area contributed by atoms with E-state index in [4.69, 9.17) is 16.9 Å². The Kier molecular flexibility index (Phi) is 3.75. The van der Waals surface area contributed by atoms with E-state index >= 15 is 0 Å². The van der Waals surface area contributed by atoms with Crippen LogP contribution in [0.2, 0.25) is 5.02 Å². The van der Waals surface area contributed by atoms with E-state index in [0.29, 0.717) is 17.4 Å². The second kappa shape index (κ2) is 5.48. The summed E-state index contributed by atoms with van der Waals surface area (Å²) in [6.45, 7) is 2.63. The van der Waals surface area contributed by atoms with Gasteiger partial charge in [-0.2, -0.15) is 5.26 Å². The van der Waals surface area contributed by atoms with Crippen LogP contribution < -0.4 is 5.32 Å². The van der Waals surface area contributed by atoms with Crippen LogP contribution in [-0.2, 0) is 6.54 Å². The molecule has 4 nitrogen and oxygen atoms in total. The normalized spacial score (nSPS) is 9.83. The Balaban J connectivity index is 2.12. The van der Waals surface area contributed by atoms with Gasteiger partial charge in [-0.1, -0.05) is 11.6 Å². The third kappa shape index (κ3) is 2.76. The van der Waals surface area contributed by atoms with Crippen LogP contribution in [0.5, 0.6) is 0 Å². The van der Waals surface area contributed by atoms with Crippen molar-refractivity contribution in [3.8, 4) is 6.07 Å². The maximum atomic E-state index is 8.84. The number of pyridine rings is 2. The molecule has 2 heterocycles. The Morgan fingerprint density at radius 3 is 2.94 bits per heavy atom. The van der Waals surface area contributed by atoms with Crippen molar-refractivity contribution in [2.24, 2.45) is 0 Å². The number of aromatic nitrogens is 2. The first-order valence-electron chi connectivity index (χ1n) is 5.40. The lowest BCUT2D eigenvalue weighted by Crippen LogP contribution is -2.03. The molecule has 0 atom stereocenters. The number of hydrogen-bond donors (Lipinski definition) is 1. The highest BCUT2D eigenvalue weighted by molar-refractivity contribution is 6.31. The summed E-state index contributed by atoms with van der Waals surface area (Å²) in [6.07, 6.45) is 3.56.